The zero-order chi connectivity index (χ0) is 15.4. The van der Waals surface area contributed by atoms with Crippen LogP contribution in [0.4, 0.5) is 0 Å². The summed E-state index contributed by atoms with van der Waals surface area (Å²) in [5, 5.41) is 9.88. The first-order valence-electron chi connectivity index (χ1n) is 6.08. The van der Waals surface area contributed by atoms with Crippen LogP contribution in [0.5, 0.6) is 0 Å². The summed E-state index contributed by atoms with van der Waals surface area (Å²) in [4.78, 5) is 26.4. The maximum Gasteiger partial charge on any atom is 0.313 e. The molecular formula is C13H13ClN2O4S. The summed E-state index contributed by atoms with van der Waals surface area (Å²) >= 11 is 7.04. The Bertz CT molecular complexity index is 686. The Hall–Kier alpha value is -1.73. The first-order chi connectivity index (χ1) is 10.0. The summed E-state index contributed by atoms with van der Waals surface area (Å²) in [5.41, 5.74) is 1.47. The van der Waals surface area contributed by atoms with Gasteiger partial charge in [0.15, 0.2) is 5.16 Å². The number of carboxylic acids is 1. The highest BCUT2D eigenvalue weighted by atomic mass is 35.5. The second-order valence-electron chi connectivity index (χ2n) is 4.19. The number of halogens is 1. The number of methoxy groups -OCH3 is 1. The highest BCUT2D eigenvalue weighted by Gasteiger charge is 2.14. The Balaban J connectivity index is 2.34. The molecule has 0 amide bonds. The van der Waals surface area contributed by atoms with E-state index in [4.69, 9.17) is 16.7 Å². The lowest BCUT2D eigenvalue weighted by Gasteiger charge is -2.07. The van der Waals surface area contributed by atoms with E-state index in [2.05, 4.69) is 9.72 Å². The van der Waals surface area contributed by atoms with Gasteiger partial charge < -0.3 is 14.4 Å². The number of aliphatic carboxylic acids is 1. The zero-order valence-corrected chi connectivity index (χ0v) is 12.8. The van der Waals surface area contributed by atoms with Crippen molar-refractivity contribution in [3.8, 4) is 0 Å². The van der Waals surface area contributed by atoms with Crippen LogP contribution in [-0.2, 0) is 20.9 Å². The molecular weight excluding hydrogens is 316 g/mol. The van der Waals surface area contributed by atoms with Crippen LogP contribution in [0.3, 0.4) is 0 Å². The molecule has 0 atom stereocenters. The number of thioether (sulfide) groups is 1. The number of ether oxygens (including phenoxy) is 1. The fourth-order valence-corrected chi connectivity index (χ4v) is 2.77. The van der Waals surface area contributed by atoms with Crippen molar-refractivity contribution in [3.63, 3.8) is 0 Å². The molecule has 0 bridgehead atoms. The van der Waals surface area contributed by atoms with E-state index in [0.717, 1.165) is 17.3 Å². The topological polar surface area (TPSA) is 81.4 Å². The number of esters is 1. The van der Waals surface area contributed by atoms with Gasteiger partial charge in [-0.25, -0.2) is 4.98 Å². The number of hydrogen-bond acceptors (Lipinski definition) is 5. The van der Waals surface area contributed by atoms with Crippen molar-refractivity contribution in [1.29, 1.82) is 0 Å². The predicted octanol–water partition coefficient (Wildman–Crippen LogP) is 2.43. The first-order valence-corrected chi connectivity index (χ1v) is 7.45. The summed E-state index contributed by atoms with van der Waals surface area (Å²) in [7, 11) is 1.33. The van der Waals surface area contributed by atoms with Crippen LogP contribution in [0.25, 0.3) is 11.0 Å². The van der Waals surface area contributed by atoms with Gasteiger partial charge in [0.25, 0.3) is 0 Å². The summed E-state index contributed by atoms with van der Waals surface area (Å²) in [6.45, 7) is 0.368. The summed E-state index contributed by atoms with van der Waals surface area (Å²) in [6.07, 6.45) is 0.186. The van der Waals surface area contributed by atoms with Gasteiger partial charge in [-0.05, 0) is 18.2 Å². The van der Waals surface area contributed by atoms with Crippen LogP contribution in [0.15, 0.2) is 23.4 Å². The van der Waals surface area contributed by atoms with Gasteiger partial charge in [0, 0.05) is 11.6 Å². The highest BCUT2D eigenvalue weighted by Crippen LogP contribution is 2.26. The van der Waals surface area contributed by atoms with Gasteiger partial charge in [-0.15, -0.1) is 0 Å². The molecule has 1 aromatic heterocycles. The molecule has 0 spiro atoms. The fourth-order valence-electron chi connectivity index (χ4n) is 1.84. The van der Waals surface area contributed by atoms with Gasteiger partial charge >= 0.3 is 11.9 Å². The van der Waals surface area contributed by atoms with E-state index in [1.807, 2.05) is 0 Å². The van der Waals surface area contributed by atoms with Crippen molar-refractivity contribution in [1.82, 2.24) is 9.55 Å². The number of imidazole rings is 1. The molecule has 1 aromatic carbocycles. The van der Waals surface area contributed by atoms with Gasteiger partial charge in [0.05, 0.1) is 30.3 Å². The summed E-state index contributed by atoms with van der Waals surface area (Å²) in [5.74, 6) is -1.36. The lowest BCUT2D eigenvalue weighted by Crippen LogP contribution is -2.08. The van der Waals surface area contributed by atoms with Crippen LogP contribution >= 0.6 is 23.4 Å². The largest absolute Gasteiger partial charge is 0.481 e. The molecule has 112 valence electrons. The van der Waals surface area contributed by atoms with Crippen LogP contribution in [0.2, 0.25) is 5.02 Å². The number of carboxylic acid groups (broad SMARTS) is 1. The molecule has 0 fully saturated rings. The molecule has 21 heavy (non-hydrogen) atoms. The monoisotopic (exact) mass is 328 g/mol. The van der Waals surface area contributed by atoms with Crippen LogP contribution in [0.1, 0.15) is 6.42 Å². The van der Waals surface area contributed by atoms with E-state index in [1.54, 1.807) is 22.8 Å². The van der Waals surface area contributed by atoms with Crippen molar-refractivity contribution >= 4 is 46.3 Å². The van der Waals surface area contributed by atoms with Gasteiger partial charge in [0.2, 0.25) is 0 Å². The SMILES string of the molecule is COC(=O)CCn1c(SCC(=O)O)nc2cc(Cl)ccc21. The molecule has 0 aliphatic carbocycles. The van der Waals surface area contributed by atoms with E-state index < -0.39 is 5.97 Å². The third-order valence-electron chi connectivity index (χ3n) is 2.77. The van der Waals surface area contributed by atoms with Crippen LogP contribution in [0, 0.1) is 0 Å². The van der Waals surface area contributed by atoms with E-state index >= 15 is 0 Å². The Kier molecular flexibility index (Phi) is 5.08. The molecule has 2 aromatic rings. The Morgan fingerprint density at radius 1 is 1.48 bits per heavy atom. The molecule has 2 rings (SSSR count). The fraction of sp³-hybridized carbons (Fsp3) is 0.308. The standard InChI is InChI=1S/C13H13ClN2O4S/c1-20-12(19)4-5-16-10-3-2-8(14)6-9(10)15-13(16)21-7-11(17)18/h2-3,6H,4-5,7H2,1H3,(H,17,18). The number of rotatable bonds is 6. The average Bonchev–Trinajstić information content (AvgIpc) is 2.79. The molecule has 0 radical (unpaired) electrons. The molecule has 0 unspecified atom stereocenters. The molecule has 1 N–H and O–H groups in total. The number of aryl methyl sites for hydroxylation is 1. The van der Waals surface area contributed by atoms with Crippen molar-refractivity contribution in [2.75, 3.05) is 12.9 Å². The van der Waals surface area contributed by atoms with E-state index in [-0.39, 0.29) is 18.1 Å². The van der Waals surface area contributed by atoms with Crippen LogP contribution in [-0.4, -0.2) is 39.5 Å². The maximum atomic E-state index is 11.3. The molecule has 0 saturated carbocycles. The minimum Gasteiger partial charge on any atom is -0.481 e. The molecule has 8 heteroatoms. The molecule has 0 aliphatic heterocycles. The molecule has 0 saturated heterocycles. The Morgan fingerprint density at radius 3 is 2.90 bits per heavy atom. The van der Waals surface area contributed by atoms with Crippen molar-refractivity contribution in [3.05, 3.63) is 23.2 Å². The minimum atomic E-state index is -0.926. The number of carbonyl (C=O) groups is 2. The average molecular weight is 329 g/mol. The lowest BCUT2D eigenvalue weighted by atomic mass is 10.3. The number of carbonyl (C=O) groups excluding carboxylic acids is 1. The smallest absolute Gasteiger partial charge is 0.313 e. The maximum absolute atomic E-state index is 11.3. The number of hydrogen-bond donors (Lipinski definition) is 1. The number of fused-ring (bicyclic) bond motifs is 1. The zero-order valence-electron chi connectivity index (χ0n) is 11.2. The predicted molar refractivity (Wildman–Crippen MR) is 79.7 cm³/mol. The van der Waals surface area contributed by atoms with E-state index in [1.165, 1.54) is 7.11 Å². The normalized spacial score (nSPS) is 10.8. The molecule has 1 heterocycles. The van der Waals surface area contributed by atoms with E-state index in [9.17, 15) is 9.59 Å². The highest BCUT2D eigenvalue weighted by molar-refractivity contribution is 7.99. The number of nitrogens with zero attached hydrogens (tertiary/aromatic N) is 2. The number of aromatic nitrogens is 2. The molecule has 6 nitrogen and oxygen atoms in total. The van der Waals surface area contributed by atoms with E-state index in [0.29, 0.717) is 22.2 Å². The third kappa shape index (κ3) is 3.89. The summed E-state index contributed by atoms with van der Waals surface area (Å²) < 4.78 is 6.42. The first kappa shape index (κ1) is 15.7. The van der Waals surface area contributed by atoms with Crippen molar-refractivity contribution in [2.45, 2.75) is 18.1 Å². The Morgan fingerprint density at radius 2 is 2.24 bits per heavy atom. The second-order valence-corrected chi connectivity index (χ2v) is 5.57. The van der Waals surface area contributed by atoms with Crippen molar-refractivity contribution in [2.24, 2.45) is 0 Å². The van der Waals surface area contributed by atoms with Gasteiger partial charge in [-0.2, -0.15) is 0 Å². The van der Waals surface area contributed by atoms with Crippen molar-refractivity contribution < 1.29 is 19.4 Å². The second kappa shape index (κ2) is 6.82. The minimum absolute atomic E-state index is 0.102. The lowest BCUT2D eigenvalue weighted by molar-refractivity contribution is -0.141. The van der Waals surface area contributed by atoms with Gasteiger partial charge in [0.1, 0.15) is 0 Å². The Labute approximate surface area is 130 Å². The summed E-state index contributed by atoms with van der Waals surface area (Å²) in [6, 6.07) is 5.23. The third-order valence-corrected chi connectivity index (χ3v) is 3.96. The number of benzene rings is 1. The van der Waals surface area contributed by atoms with Gasteiger partial charge in [-0.3, -0.25) is 9.59 Å². The quantitative estimate of drug-likeness (QED) is 0.648. The van der Waals surface area contributed by atoms with Crippen LogP contribution < -0.4 is 0 Å². The van der Waals surface area contributed by atoms with Gasteiger partial charge in [-0.1, -0.05) is 23.4 Å². The molecule has 0 aliphatic rings.